The Hall–Kier alpha value is -3.93. The van der Waals surface area contributed by atoms with E-state index in [9.17, 15) is 9.59 Å². The van der Waals surface area contributed by atoms with E-state index < -0.39 is 5.91 Å². The topological polar surface area (TPSA) is 66.7 Å². The van der Waals surface area contributed by atoms with Gasteiger partial charge in [-0.15, -0.1) is 0 Å². The average molecular weight is 399 g/mol. The summed E-state index contributed by atoms with van der Waals surface area (Å²) in [6.45, 7) is 0.292. The number of nitrogens with zero attached hydrogens (tertiary/aromatic N) is 3. The number of anilines is 2. The van der Waals surface area contributed by atoms with Crippen molar-refractivity contribution in [1.29, 1.82) is 0 Å². The van der Waals surface area contributed by atoms with Crippen molar-refractivity contribution in [3.05, 3.63) is 101 Å². The number of hydrogen-bond acceptors (Lipinski definition) is 5. The van der Waals surface area contributed by atoms with E-state index in [-0.39, 0.29) is 11.2 Å². The molecule has 2 aromatic heterocycles. The number of rotatable bonds is 5. The van der Waals surface area contributed by atoms with Crippen LogP contribution in [0.5, 0.6) is 0 Å². The van der Waals surface area contributed by atoms with E-state index in [0.29, 0.717) is 23.3 Å². The first kappa shape index (κ1) is 19.4. The fourth-order valence-corrected chi connectivity index (χ4v) is 3.19. The Labute approximate surface area is 174 Å². The molecule has 0 radical (unpaired) electrons. The van der Waals surface area contributed by atoms with Gasteiger partial charge in [0, 0.05) is 32.0 Å². The highest BCUT2D eigenvalue weighted by molar-refractivity contribution is 6.04. The van der Waals surface area contributed by atoms with Gasteiger partial charge in [0.1, 0.15) is 11.4 Å². The Morgan fingerprint density at radius 2 is 1.70 bits per heavy atom. The molecule has 6 nitrogen and oxygen atoms in total. The van der Waals surface area contributed by atoms with Crippen LogP contribution < -0.4 is 15.2 Å². The summed E-state index contributed by atoms with van der Waals surface area (Å²) in [5.74, 6) is 0.0393. The molecule has 0 aliphatic carbocycles. The molecule has 4 rings (SSSR count). The molecule has 0 atom stereocenters. The quantitative estimate of drug-likeness (QED) is 0.505. The molecule has 6 heteroatoms. The molecule has 30 heavy (non-hydrogen) atoms. The van der Waals surface area contributed by atoms with Crippen molar-refractivity contribution in [1.82, 2.24) is 4.98 Å². The number of amides is 1. The summed E-state index contributed by atoms with van der Waals surface area (Å²) in [5.41, 5.74) is 2.12. The van der Waals surface area contributed by atoms with Gasteiger partial charge < -0.3 is 9.32 Å². The van der Waals surface area contributed by atoms with Gasteiger partial charge in [-0.05, 0) is 42.0 Å². The predicted molar refractivity (Wildman–Crippen MR) is 118 cm³/mol. The smallest absolute Gasteiger partial charge is 0.295 e. The number of fused-ring (bicyclic) bond motifs is 1. The van der Waals surface area contributed by atoms with Gasteiger partial charge in [0.25, 0.3) is 5.91 Å². The fraction of sp³-hybridized carbons (Fsp3) is 0.125. The molecule has 150 valence electrons. The van der Waals surface area contributed by atoms with Crippen LogP contribution in [-0.2, 0) is 6.54 Å². The van der Waals surface area contributed by atoms with Gasteiger partial charge in [0.15, 0.2) is 11.2 Å². The van der Waals surface area contributed by atoms with Gasteiger partial charge in [-0.2, -0.15) is 0 Å². The standard InChI is InChI=1S/C24H21N3O3/c1-26(2)18-12-10-17(11-13-18)16-27(23-9-5-6-14-25-23)24(29)22-15-20(28)19-7-3-4-8-21(19)30-22/h3-15H,16H2,1-2H3. The van der Waals surface area contributed by atoms with Crippen molar-refractivity contribution in [3.8, 4) is 0 Å². The molecule has 4 aromatic rings. The summed E-state index contributed by atoms with van der Waals surface area (Å²) in [6.07, 6.45) is 1.63. The molecule has 2 aromatic carbocycles. The maximum Gasteiger partial charge on any atom is 0.295 e. The molecule has 0 spiro atoms. The predicted octanol–water partition coefficient (Wildman–Crippen LogP) is 4.10. The van der Waals surface area contributed by atoms with Crippen LogP contribution in [0.3, 0.4) is 0 Å². The third kappa shape index (κ3) is 3.93. The van der Waals surface area contributed by atoms with Crippen molar-refractivity contribution < 1.29 is 9.21 Å². The van der Waals surface area contributed by atoms with E-state index >= 15 is 0 Å². The largest absolute Gasteiger partial charge is 0.451 e. The number of para-hydroxylation sites is 1. The average Bonchev–Trinajstić information content (AvgIpc) is 2.78. The van der Waals surface area contributed by atoms with Crippen LogP contribution in [0.2, 0.25) is 0 Å². The van der Waals surface area contributed by atoms with Gasteiger partial charge in [0.2, 0.25) is 0 Å². The molecule has 0 unspecified atom stereocenters. The molecular weight excluding hydrogens is 378 g/mol. The second kappa shape index (κ2) is 8.21. The van der Waals surface area contributed by atoms with Crippen LogP contribution in [0.25, 0.3) is 11.0 Å². The highest BCUT2D eigenvalue weighted by atomic mass is 16.3. The fourth-order valence-electron chi connectivity index (χ4n) is 3.19. The van der Waals surface area contributed by atoms with Gasteiger partial charge in [0.05, 0.1) is 11.9 Å². The van der Waals surface area contributed by atoms with Gasteiger partial charge >= 0.3 is 0 Å². The second-order valence-corrected chi connectivity index (χ2v) is 7.11. The first-order valence-electron chi connectivity index (χ1n) is 9.55. The first-order chi connectivity index (χ1) is 14.5. The zero-order valence-electron chi connectivity index (χ0n) is 16.8. The molecular formula is C24H21N3O3. The zero-order valence-corrected chi connectivity index (χ0v) is 16.8. The van der Waals surface area contributed by atoms with Crippen LogP contribution in [0, 0.1) is 0 Å². The minimum atomic E-state index is -0.423. The number of pyridine rings is 1. The summed E-state index contributed by atoms with van der Waals surface area (Å²) >= 11 is 0. The Kier molecular flexibility index (Phi) is 5.30. The molecule has 0 N–H and O–H groups in total. The van der Waals surface area contributed by atoms with Gasteiger partial charge in [-0.1, -0.05) is 30.3 Å². The summed E-state index contributed by atoms with van der Waals surface area (Å²) in [5, 5.41) is 0.442. The Morgan fingerprint density at radius 1 is 0.967 bits per heavy atom. The van der Waals surface area contributed by atoms with E-state index in [2.05, 4.69) is 4.98 Å². The van der Waals surface area contributed by atoms with E-state index in [1.165, 1.54) is 11.0 Å². The molecule has 1 amide bonds. The molecule has 2 heterocycles. The number of carbonyl (C=O) groups excluding carboxylic acids is 1. The van der Waals surface area contributed by atoms with E-state index in [1.54, 1.807) is 42.6 Å². The number of carbonyl (C=O) groups is 1. The maximum atomic E-state index is 13.4. The lowest BCUT2D eigenvalue weighted by Gasteiger charge is -2.22. The summed E-state index contributed by atoms with van der Waals surface area (Å²) in [6, 6.07) is 21.4. The number of benzene rings is 2. The molecule has 0 aliphatic heterocycles. The first-order valence-corrected chi connectivity index (χ1v) is 9.55. The van der Waals surface area contributed by atoms with Crippen LogP contribution in [0.15, 0.2) is 88.2 Å². The SMILES string of the molecule is CN(C)c1ccc(CN(C(=O)c2cc(=O)c3ccccc3o2)c2ccccn2)cc1. The van der Waals surface area contributed by atoms with Crippen molar-refractivity contribution in [2.45, 2.75) is 6.54 Å². The lowest BCUT2D eigenvalue weighted by molar-refractivity contribution is 0.0958. The molecule has 0 saturated heterocycles. The lowest BCUT2D eigenvalue weighted by Crippen LogP contribution is -2.31. The second-order valence-electron chi connectivity index (χ2n) is 7.11. The van der Waals surface area contributed by atoms with Crippen LogP contribution in [0.4, 0.5) is 11.5 Å². The third-order valence-electron chi connectivity index (χ3n) is 4.81. The highest BCUT2D eigenvalue weighted by Crippen LogP contribution is 2.21. The molecule has 0 aliphatic rings. The minimum Gasteiger partial charge on any atom is -0.451 e. The van der Waals surface area contributed by atoms with Crippen molar-refractivity contribution in [2.24, 2.45) is 0 Å². The monoisotopic (exact) mass is 399 g/mol. The maximum absolute atomic E-state index is 13.4. The van der Waals surface area contributed by atoms with Crippen molar-refractivity contribution in [2.75, 3.05) is 23.9 Å². The minimum absolute atomic E-state index is 0.0192. The summed E-state index contributed by atoms with van der Waals surface area (Å²) < 4.78 is 5.77. The lowest BCUT2D eigenvalue weighted by atomic mass is 10.1. The normalized spacial score (nSPS) is 10.7. The summed E-state index contributed by atoms with van der Waals surface area (Å²) in [7, 11) is 3.95. The van der Waals surface area contributed by atoms with Crippen molar-refractivity contribution in [3.63, 3.8) is 0 Å². The van der Waals surface area contributed by atoms with Crippen LogP contribution in [-0.4, -0.2) is 25.0 Å². The van der Waals surface area contributed by atoms with Crippen LogP contribution in [0.1, 0.15) is 16.1 Å². The van der Waals surface area contributed by atoms with E-state index in [4.69, 9.17) is 4.42 Å². The van der Waals surface area contributed by atoms with Crippen LogP contribution >= 0.6 is 0 Å². The third-order valence-corrected chi connectivity index (χ3v) is 4.81. The van der Waals surface area contributed by atoms with E-state index in [0.717, 1.165) is 11.3 Å². The summed E-state index contributed by atoms with van der Waals surface area (Å²) in [4.78, 5) is 33.7. The zero-order chi connectivity index (χ0) is 21.1. The van der Waals surface area contributed by atoms with Crippen molar-refractivity contribution >= 4 is 28.4 Å². The Balaban J connectivity index is 1.73. The van der Waals surface area contributed by atoms with Gasteiger partial charge in [-0.25, -0.2) is 4.98 Å². The number of hydrogen-bond donors (Lipinski definition) is 0. The highest BCUT2D eigenvalue weighted by Gasteiger charge is 2.22. The number of aromatic nitrogens is 1. The van der Waals surface area contributed by atoms with E-state index in [1.807, 2.05) is 49.3 Å². The Morgan fingerprint density at radius 3 is 2.40 bits per heavy atom. The Bertz CT molecular complexity index is 1230. The molecule has 0 saturated carbocycles. The molecule has 0 fully saturated rings. The van der Waals surface area contributed by atoms with Gasteiger partial charge in [-0.3, -0.25) is 14.5 Å². The molecule has 0 bridgehead atoms.